The van der Waals surface area contributed by atoms with Crippen LogP contribution < -0.4 is 10.6 Å². The van der Waals surface area contributed by atoms with E-state index in [1.54, 1.807) is 6.07 Å². The van der Waals surface area contributed by atoms with Gasteiger partial charge in [0.1, 0.15) is 6.04 Å². The predicted molar refractivity (Wildman–Crippen MR) is 130 cm³/mol. The standard InChI is InChI=1S/C22H18Br3F5N2O2/c1-11(20(33)31-10-19(26)27)32-21(34)16-4-2-12(6-18(16)25)3-5-17(22(28,29)30)13-7-14(23)9-15(24)8-13/h2-9,11,17,19H,10H2,1H3,(H,31,33)(H,32,34)/b5-3+/t11-,17?/m1/s1. The summed E-state index contributed by atoms with van der Waals surface area (Å²) in [6, 6.07) is 7.60. The molecule has 1 unspecified atom stereocenters. The van der Waals surface area contributed by atoms with Crippen molar-refractivity contribution in [3.8, 4) is 0 Å². The van der Waals surface area contributed by atoms with E-state index >= 15 is 0 Å². The molecule has 0 aliphatic rings. The van der Waals surface area contributed by atoms with Crippen LogP contribution in [0, 0.1) is 0 Å². The Balaban J connectivity index is 2.18. The molecule has 0 aliphatic heterocycles. The first-order chi connectivity index (χ1) is 15.8. The second-order valence-electron chi connectivity index (χ2n) is 7.15. The topological polar surface area (TPSA) is 58.2 Å². The van der Waals surface area contributed by atoms with E-state index in [1.807, 2.05) is 5.32 Å². The molecule has 0 bridgehead atoms. The third-order valence-corrected chi connectivity index (χ3v) is 6.06. The molecule has 34 heavy (non-hydrogen) atoms. The van der Waals surface area contributed by atoms with Crippen LogP contribution in [0.1, 0.15) is 34.3 Å². The van der Waals surface area contributed by atoms with E-state index < -0.39 is 42.9 Å². The fourth-order valence-corrected chi connectivity index (χ4v) is 4.77. The minimum absolute atomic E-state index is 0.0409. The van der Waals surface area contributed by atoms with Crippen LogP contribution in [0.4, 0.5) is 22.0 Å². The van der Waals surface area contributed by atoms with Crippen molar-refractivity contribution in [2.45, 2.75) is 31.5 Å². The van der Waals surface area contributed by atoms with Crippen molar-refractivity contribution in [1.29, 1.82) is 0 Å². The van der Waals surface area contributed by atoms with Crippen molar-refractivity contribution in [3.63, 3.8) is 0 Å². The van der Waals surface area contributed by atoms with Crippen molar-refractivity contribution in [1.82, 2.24) is 10.6 Å². The van der Waals surface area contributed by atoms with Crippen LogP contribution in [-0.2, 0) is 4.79 Å². The van der Waals surface area contributed by atoms with E-state index in [-0.39, 0.29) is 15.6 Å². The van der Waals surface area contributed by atoms with E-state index in [0.717, 1.165) is 6.08 Å². The van der Waals surface area contributed by atoms with Crippen LogP contribution >= 0.6 is 47.8 Å². The fourth-order valence-electron chi connectivity index (χ4n) is 2.86. The molecule has 2 N–H and O–H groups in total. The minimum Gasteiger partial charge on any atom is -0.349 e. The van der Waals surface area contributed by atoms with Crippen LogP contribution in [-0.4, -0.2) is 37.0 Å². The van der Waals surface area contributed by atoms with E-state index in [4.69, 9.17) is 0 Å². The maximum Gasteiger partial charge on any atom is 0.399 e. The zero-order valence-electron chi connectivity index (χ0n) is 17.4. The molecule has 4 nitrogen and oxygen atoms in total. The number of rotatable bonds is 8. The summed E-state index contributed by atoms with van der Waals surface area (Å²) in [6.45, 7) is 0.501. The molecule has 0 spiro atoms. The molecule has 0 heterocycles. The lowest BCUT2D eigenvalue weighted by Crippen LogP contribution is -2.46. The van der Waals surface area contributed by atoms with Gasteiger partial charge in [0.25, 0.3) is 12.3 Å². The van der Waals surface area contributed by atoms with Crippen LogP contribution in [0.25, 0.3) is 6.08 Å². The van der Waals surface area contributed by atoms with Gasteiger partial charge in [0, 0.05) is 13.4 Å². The number of alkyl halides is 5. The number of hydrogen-bond donors (Lipinski definition) is 2. The molecule has 2 amide bonds. The molecule has 2 atom stereocenters. The SMILES string of the molecule is C[C@@H](NC(=O)c1ccc(/C=C/C(c2cc(Br)cc(Br)c2)C(F)(F)F)cc1Br)C(=O)NCC(F)F. The van der Waals surface area contributed by atoms with E-state index in [1.165, 1.54) is 43.3 Å². The highest BCUT2D eigenvalue weighted by Gasteiger charge is 2.39. The number of nitrogens with one attached hydrogen (secondary N) is 2. The van der Waals surface area contributed by atoms with Crippen molar-refractivity contribution in [2.75, 3.05) is 6.54 Å². The summed E-state index contributed by atoms with van der Waals surface area (Å²) in [5.41, 5.74) is 0.558. The molecule has 0 saturated heterocycles. The molecule has 2 aromatic rings. The van der Waals surface area contributed by atoms with Gasteiger partial charge >= 0.3 is 6.18 Å². The highest BCUT2D eigenvalue weighted by molar-refractivity contribution is 9.11. The first-order valence-electron chi connectivity index (χ1n) is 9.65. The molecule has 2 aromatic carbocycles. The Morgan fingerprint density at radius 3 is 2.18 bits per heavy atom. The Bertz CT molecular complexity index is 1060. The molecule has 0 aromatic heterocycles. The zero-order chi connectivity index (χ0) is 25.6. The Morgan fingerprint density at radius 2 is 1.65 bits per heavy atom. The van der Waals surface area contributed by atoms with Gasteiger partial charge < -0.3 is 10.6 Å². The highest BCUT2D eigenvalue weighted by atomic mass is 79.9. The van der Waals surface area contributed by atoms with Gasteiger partial charge in [-0.05, 0) is 64.3 Å². The second-order valence-corrected chi connectivity index (χ2v) is 9.84. The first kappa shape index (κ1) is 28.4. The summed E-state index contributed by atoms with van der Waals surface area (Å²) in [4.78, 5) is 24.2. The summed E-state index contributed by atoms with van der Waals surface area (Å²) >= 11 is 9.59. The number of hydrogen-bond acceptors (Lipinski definition) is 2. The summed E-state index contributed by atoms with van der Waals surface area (Å²) in [5.74, 6) is -3.30. The predicted octanol–water partition coefficient (Wildman–Crippen LogP) is 6.83. The largest absolute Gasteiger partial charge is 0.399 e. The normalized spacial score (nSPS) is 13.7. The van der Waals surface area contributed by atoms with Crippen LogP contribution in [0.3, 0.4) is 0 Å². The number of benzene rings is 2. The van der Waals surface area contributed by atoms with Crippen LogP contribution in [0.15, 0.2) is 55.9 Å². The minimum atomic E-state index is -4.53. The Hall–Kier alpha value is -1.79. The first-order valence-corrected chi connectivity index (χ1v) is 12.0. The van der Waals surface area contributed by atoms with Gasteiger partial charge in [-0.1, -0.05) is 50.1 Å². The smallest absolute Gasteiger partial charge is 0.349 e. The maximum atomic E-state index is 13.7. The fraction of sp³-hybridized carbons (Fsp3) is 0.273. The monoisotopic (exact) mass is 674 g/mol. The Morgan fingerprint density at radius 1 is 1.03 bits per heavy atom. The zero-order valence-corrected chi connectivity index (χ0v) is 22.2. The number of halogens is 8. The van der Waals surface area contributed by atoms with Crippen LogP contribution in [0.2, 0.25) is 0 Å². The molecule has 0 aliphatic carbocycles. The summed E-state index contributed by atoms with van der Waals surface area (Å²) in [6.07, 6.45) is -4.94. The van der Waals surface area contributed by atoms with Gasteiger partial charge in [0.15, 0.2) is 0 Å². The third kappa shape index (κ3) is 8.46. The van der Waals surface area contributed by atoms with Gasteiger partial charge in [-0.3, -0.25) is 9.59 Å². The molecule has 0 fully saturated rings. The molecular formula is C22H18Br3F5N2O2. The van der Waals surface area contributed by atoms with E-state index in [0.29, 0.717) is 14.5 Å². The van der Waals surface area contributed by atoms with Crippen molar-refractivity contribution >= 4 is 65.7 Å². The summed E-state index contributed by atoms with van der Waals surface area (Å²) in [5, 5.41) is 4.38. The van der Waals surface area contributed by atoms with Crippen molar-refractivity contribution < 1.29 is 31.5 Å². The van der Waals surface area contributed by atoms with E-state index in [2.05, 4.69) is 53.1 Å². The maximum absolute atomic E-state index is 13.7. The highest BCUT2D eigenvalue weighted by Crippen LogP contribution is 2.38. The van der Waals surface area contributed by atoms with E-state index in [9.17, 15) is 31.5 Å². The Kier molecular flexibility index (Phi) is 10.3. The molecule has 184 valence electrons. The molecule has 0 saturated carbocycles. The Labute approximate surface area is 217 Å². The number of allylic oxidation sites excluding steroid dienone is 1. The number of carbonyl (C=O) groups is 2. The van der Waals surface area contributed by atoms with Gasteiger partial charge in [0.2, 0.25) is 5.91 Å². The number of carbonyl (C=O) groups excluding carboxylic acids is 2. The lowest BCUT2D eigenvalue weighted by atomic mass is 9.97. The quantitative estimate of drug-likeness (QED) is 0.301. The summed E-state index contributed by atoms with van der Waals surface area (Å²) in [7, 11) is 0. The summed E-state index contributed by atoms with van der Waals surface area (Å²) < 4.78 is 66.7. The van der Waals surface area contributed by atoms with Gasteiger partial charge in [-0.15, -0.1) is 0 Å². The van der Waals surface area contributed by atoms with Crippen molar-refractivity contribution in [2.24, 2.45) is 0 Å². The molecular weight excluding hydrogens is 659 g/mol. The van der Waals surface area contributed by atoms with Gasteiger partial charge in [-0.2, -0.15) is 13.2 Å². The molecule has 0 radical (unpaired) electrons. The van der Waals surface area contributed by atoms with Gasteiger partial charge in [0.05, 0.1) is 18.0 Å². The third-order valence-electron chi connectivity index (χ3n) is 4.49. The molecule has 2 rings (SSSR count). The average molecular weight is 677 g/mol. The number of amides is 2. The lowest BCUT2D eigenvalue weighted by Gasteiger charge is -2.18. The average Bonchev–Trinajstić information content (AvgIpc) is 2.70. The second kappa shape index (κ2) is 12.3. The molecule has 12 heteroatoms. The van der Waals surface area contributed by atoms with Gasteiger partial charge in [-0.25, -0.2) is 8.78 Å². The van der Waals surface area contributed by atoms with Crippen molar-refractivity contribution in [3.05, 3.63) is 72.6 Å². The lowest BCUT2D eigenvalue weighted by molar-refractivity contribution is -0.139. The van der Waals surface area contributed by atoms with Crippen LogP contribution in [0.5, 0.6) is 0 Å².